The predicted octanol–water partition coefficient (Wildman–Crippen LogP) is 2.93. The van der Waals surface area contributed by atoms with Gasteiger partial charge in [-0.15, -0.1) is 0 Å². The van der Waals surface area contributed by atoms with Crippen LogP contribution in [0.15, 0.2) is 59.8 Å². The maximum Gasteiger partial charge on any atom is 0.263 e. The van der Waals surface area contributed by atoms with E-state index in [4.69, 9.17) is 9.84 Å². The van der Waals surface area contributed by atoms with Crippen LogP contribution in [0.1, 0.15) is 11.1 Å². The summed E-state index contributed by atoms with van der Waals surface area (Å²) < 4.78 is 33.9. The molecule has 0 aliphatic heterocycles. The lowest BCUT2D eigenvalue weighted by Crippen LogP contribution is -2.16. The van der Waals surface area contributed by atoms with Crippen LogP contribution in [-0.2, 0) is 10.0 Å². The number of aliphatic hydroxyl groups excluding tert-OH is 1. The molecule has 2 N–H and O–H groups in total. The third-order valence-corrected chi connectivity index (χ3v) is 5.60. The van der Waals surface area contributed by atoms with Crippen LogP contribution < -0.4 is 9.46 Å². The van der Waals surface area contributed by atoms with Gasteiger partial charge in [0.15, 0.2) is 5.82 Å². The molecule has 1 heterocycles. The van der Waals surface area contributed by atoms with Crippen molar-refractivity contribution in [3.63, 3.8) is 0 Å². The fraction of sp³-hybridized carbons (Fsp3) is 0.200. The van der Waals surface area contributed by atoms with Crippen molar-refractivity contribution in [2.24, 2.45) is 0 Å². The van der Waals surface area contributed by atoms with E-state index < -0.39 is 10.0 Å². The van der Waals surface area contributed by atoms with Gasteiger partial charge in [0, 0.05) is 0 Å². The number of rotatable bonds is 7. The number of hydrogen-bond donors (Lipinski definition) is 2. The van der Waals surface area contributed by atoms with Crippen molar-refractivity contribution in [2.45, 2.75) is 18.7 Å². The highest BCUT2D eigenvalue weighted by molar-refractivity contribution is 7.92. The van der Waals surface area contributed by atoms with E-state index in [2.05, 4.69) is 14.7 Å². The molecular formula is C20H21N3O4S. The summed E-state index contributed by atoms with van der Waals surface area (Å²) in [6, 6.07) is 14.2. The molecule has 0 amide bonds. The first-order valence-electron chi connectivity index (χ1n) is 8.66. The number of sulfonamides is 1. The molecule has 0 radical (unpaired) electrons. The quantitative estimate of drug-likeness (QED) is 0.633. The highest BCUT2D eigenvalue weighted by atomic mass is 32.2. The van der Waals surface area contributed by atoms with Crippen molar-refractivity contribution in [1.82, 2.24) is 9.97 Å². The number of aliphatic hydroxyl groups is 1. The molecule has 3 aromatic rings. The highest BCUT2D eigenvalue weighted by Gasteiger charge is 2.22. The Bertz CT molecular complexity index is 1070. The first kappa shape index (κ1) is 19.8. The zero-order valence-electron chi connectivity index (χ0n) is 15.6. The minimum absolute atomic E-state index is 0.0276. The lowest BCUT2D eigenvalue weighted by atomic mass is 10.1. The molecule has 0 atom stereocenters. The van der Waals surface area contributed by atoms with E-state index >= 15 is 0 Å². The Hall–Kier alpha value is -2.97. The van der Waals surface area contributed by atoms with E-state index in [0.29, 0.717) is 16.7 Å². The number of benzene rings is 2. The van der Waals surface area contributed by atoms with Crippen molar-refractivity contribution in [3.8, 4) is 17.0 Å². The third kappa shape index (κ3) is 4.29. The molecule has 0 fully saturated rings. The van der Waals surface area contributed by atoms with Crippen LogP contribution in [0, 0.1) is 13.8 Å². The minimum atomic E-state index is -3.87. The highest BCUT2D eigenvalue weighted by Crippen LogP contribution is 2.35. The van der Waals surface area contributed by atoms with Crippen LogP contribution in [-0.4, -0.2) is 36.7 Å². The Morgan fingerprint density at radius 2 is 1.75 bits per heavy atom. The second kappa shape index (κ2) is 8.37. The monoisotopic (exact) mass is 399 g/mol. The van der Waals surface area contributed by atoms with E-state index in [1.807, 2.05) is 31.2 Å². The van der Waals surface area contributed by atoms with E-state index in [1.54, 1.807) is 25.1 Å². The first-order chi connectivity index (χ1) is 13.4. The molecule has 2 aromatic carbocycles. The summed E-state index contributed by atoms with van der Waals surface area (Å²) in [5.41, 5.74) is 2.79. The second-order valence-corrected chi connectivity index (χ2v) is 7.86. The fourth-order valence-corrected chi connectivity index (χ4v) is 3.99. The van der Waals surface area contributed by atoms with Gasteiger partial charge in [0.05, 0.1) is 17.1 Å². The Balaban J connectivity index is 2.10. The fourth-order valence-electron chi connectivity index (χ4n) is 2.72. The van der Waals surface area contributed by atoms with Crippen molar-refractivity contribution < 1.29 is 18.3 Å². The number of ether oxygens (including phenoxy) is 1. The molecule has 0 aliphatic carbocycles. The SMILES string of the molecule is Cc1ccc(-c2c(NS(=O)(=O)c3ccccc3C)ncnc2OCCO)cc1. The summed E-state index contributed by atoms with van der Waals surface area (Å²) in [6.45, 7) is 3.52. The Kier molecular flexibility index (Phi) is 5.91. The van der Waals surface area contributed by atoms with Crippen LogP contribution in [0.4, 0.5) is 5.82 Å². The molecule has 0 spiro atoms. The van der Waals surface area contributed by atoms with Crippen LogP contribution in [0.3, 0.4) is 0 Å². The van der Waals surface area contributed by atoms with Crippen molar-refractivity contribution in [1.29, 1.82) is 0 Å². The lowest BCUT2D eigenvalue weighted by Gasteiger charge is -2.16. The minimum Gasteiger partial charge on any atom is -0.475 e. The molecule has 0 aliphatic rings. The average molecular weight is 399 g/mol. The topological polar surface area (TPSA) is 101 Å². The van der Waals surface area contributed by atoms with Crippen LogP contribution in [0.5, 0.6) is 5.88 Å². The predicted molar refractivity (Wildman–Crippen MR) is 107 cm³/mol. The summed E-state index contributed by atoms with van der Waals surface area (Å²) >= 11 is 0. The molecule has 0 saturated carbocycles. The number of anilines is 1. The van der Waals surface area contributed by atoms with Gasteiger partial charge in [-0.2, -0.15) is 0 Å². The molecule has 3 rings (SSSR count). The van der Waals surface area contributed by atoms with E-state index in [0.717, 1.165) is 5.56 Å². The number of aromatic nitrogens is 2. The number of nitrogens with zero attached hydrogens (tertiary/aromatic N) is 2. The first-order valence-corrected chi connectivity index (χ1v) is 10.1. The largest absolute Gasteiger partial charge is 0.475 e. The molecule has 0 bridgehead atoms. The maximum atomic E-state index is 12.9. The van der Waals surface area contributed by atoms with Gasteiger partial charge in [-0.3, -0.25) is 4.72 Å². The van der Waals surface area contributed by atoms with Crippen molar-refractivity contribution in [2.75, 3.05) is 17.9 Å². The third-order valence-electron chi connectivity index (χ3n) is 4.10. The summed E-state index contributed by atoms with van der Waals surface area (Å²) in [4.78, 5) is 8.43. The summed E-state index contributed by atoms with van der Waals surface area (Å²) in [7, 11) is -3.87. The average Bonchev–Trinajstić information content (AvgIpc) is 2.67. The van der Waals surface area contributed by atoms with E-state index in [9.17, 15) is 8.42 Å². The number of nitrogens with one attached hydrogen (secondary N) is 1. The molecule has 1 aromatic heterocycles. The Morgan fingerprint density at radius 3 is 2.43 bits per heavy atom. The van der Waals surface area contributed by atoms with Gasteiger partial charge >= 0.3 is 0 Å². The van der Waals surface area contributed by atoms with E-state index in [-0.39, 0.29) is 29.8 Å². The molecule has 8 heteroatoms. The second-order valence-electron chi connectivity index (χ2n) is 6.21. The van der Waals surface area contributed by atoms with Gasteiger partial charge in [0.25, 0.3) is 10.0 Å². The molecule has 0 unspecified atom stereocenters. The molecular weight excluding hydrogens is 378 g/mol. The normalized spacial score (nSPS) is 11.2. The van der Waals surface area contributed by atoms with Gasteiger partial charge in [0.1, 0.15) is 12.9 Å². The zero-order valence-corrected chi connectivity index (χ0v) is 16.4. The summed E-state index contributed by atoms with van der Waals surface area (Å²) in [6.07, 6.45) is 1.22. The number of hydrogen-bond acceptors (Lipinski definition) is 6. The summed E-state index contributed by atoms with van der Waals surface area (Å²) in [5.74, 6) is 0.297. The summed E-state index contributed by atoms with van der Waals surface area (Å²) in [5, 5.41) is 9.08. The van der Waals surface area contributed by atoms with Gasteiger partial charge in [-0.05, 0) is 31.0 Å². The molecule has 7 nitrogen and oxygen atoms in total. The number of aryl methyl sites for hydroxylation is 2. The van der Waals surface area contributed by atoms with Gasteiger partial charge in [0.2, 0.25) is 5.88 Å². The van der Waals surface area contributed by atoms with Crippen LogP contribution in [0.25, 0.3) is 11.1 Å². The maximum absolute atomic E-state index is 12.9. The van der Waals surface area contributed by atoms with Crippen LogP contribution in [0.2, 0.25) is 0 Å². The van der Waals surface area contributed by atoms with E-state index in [1.165, 1.54) is 12.4 Å². The molecule has 146 valence electrons. The van der Waals surface area contributed by atoms with Crippen molar-refractivity contribution >= 4 is 15.8 Å². The molecule has 0 saturated heterocycles. The zero-order chi connectivity index (χ0) is 20.1. The standard InChI is InChI=1S/C20H21N3O4S/c1-14-7-9-16(10-8-14)18-19(21-13-22-20(18)27-12-11-24)23-28(25,26)17-6-4-3-5-15(17)2/h3-10,13,24H,11-12H2,1-2H3,(H,21,22,23). The Morgan fingerprint density at radius 1 is 1.04 bits per heavy atom. The van der Waals surface area contributed by atoms with Gasteiger partial charge in [-0.25, -0.2) is 18.4 Å². The van der Waals surface area contributed by atoms with Gasteiger partial charge < -0.3 is 9.84 Å². The lowest BCUT2D eigenvalue weighted by molar-refractivity contribution is 0.197. The van der Waals surface area contributed by atoms with Gasteiger partial charge in [-0.1, -0.05) is 48.0 Å². The smallest absolute Gasteiger partial charge is 0.263 e. The van der Waals surface area contributed by atoms with Crippen molar-refractivity contribution in [3.05, 3.63) is 66.0 Å². The van der Waals surface area contributed by atoms with Crippen LogP contribution >= 0.6 is 0 Å². The Labute approximate surface area is 164 Å². The molecule has 28 heavy (non-hydrogen) atoms.